The molecule has 3 aromatic rings. The van der Waals surface area contributed by atoms with Crippen LogP contribution in [0.1, 0.15) is 48.8 Å². The Kier molecular flexibility index (Phi) is 8.48. The summed E-state index contributed by atoms with van der Waals surface area (Å²) >= 11 is 0. The van der Waals surface area contributed by atoms with Gasteiger partial charge in [-0.15, -0.1) is 0 Å². The number of ether oxygens (including phenoxy) is 3. The van der Waals surface area contributed by atoms with Gasteiger partial charge in [0.1, 0.15) is 28.9 Å². The zero-order chi connectivity index (χ0) is 25.7. The number of methoxy groups -OCH3 is 3. The number of hydrogen-bond acceptors (Lipinski definition) is 6. The van der Waals surface area contributed by atoms with Gasteiger partial charge < -0.3 is 29.4 Å². The number of rotatable bonds is 10. The van der Waals surface area contributed by atoms with E-state index >= 15 is 0 Å². The number of hydrogen-bond donors (Lipinski definition) is 2. The van der Waals surface area contributed by atoms with Crippen LogP contribution in [0.4, 0.5) is 4.39 Å². The molecule has 7 nitrogen and oxygen atoms in total. The van der Waals surface area contributed by atoms with Crippen LogP contribution >= 0.6 is 0 Å². The Morgan fingerprint density at radius 2 is 1.83 bits per heavy atom. The van der Waals surface area contributed by atoms with Gasteiger partial charge in [-0.1, -0.05) is 6.07 Å². The fourth-order valence-corrected chi connectivity index (χ4v) is 5.12. The van der Waals surface area contributed by atoms with Crippen molar-refractivity contribution in [2.45, 2.75) is 51.4 Å². The predicted molar refractivity (Wildman–Crippen MR) is 138 cm³/mol. The minimum absolute atomic E-state index is 0.0575. The molecule has 8 heteroatoms. The molecule has 4 unspecified atom stereocenters. The van der Waals surface area contributed by atoms with Gasteiger partial charge in [-0.3, -0.25) is 0 Å². The molecule has 0 spiro atoms. The predicted octanol–water partition coefficient (Wildman–Crippen LogP) is 4.82. The van der Waals surface area contributed by atoms with Gasteiger partial charge in [-0.25, -0.2) is 9.37 Å². The van der Waals surface area contributed by atoms with Crippen molar-refractivity contribution in [3.8, 4) is 17.2 Å². The minimum atomic E-state index is -0.294. The molecule has 1 aliphatic heterocycles. The molecule has 0 amide bonds. The lowest BCUT2D eigenvalue weighted by molar-refractivity contribution is 0.213. The highest BCUT2D eigenvalue weighted by atomic mass is 19.1. The molecule has 0 aliphatic carbocycles. The molecular weight excluding hydrogens is 459 g/mol. The molecule has 194 valence electrons. The number of aryl methyl sites for hydroxylation is 1. The van der Waals surface area contributed by atoms with Crippen LogP contribution in [-0.4, -0.2) is 43.5 Å². The largest absolute Gasteiger partial charge is 0.497 e. The SMILES string of the molecule is COc1cc(OC)cc(C(C)NCC2CC(Cn3ccnc3C)CC(c3ccc(F)cc3OC)N2)c1. The van der Waals surface area contributed by atoms with Crippen molar-refractivity contribution < 1.29 is 18.6 Å². The van der Waals surface area contributed by atoms with Crippen LogP contribution in [0.5, 0.6) is 17.2 Å². The average molecular weight is 497 g/mol. The van der Waals surface area contributed by atoms with Crippen LogP contribution in [0.15, 0.2) is 48.8 Å². The third-order valence-corrected chi connectivity index (χ3v) is 7.12. The standard InChI is InChI=1S/C28H37FN4O3/c1-18(21-12-24(34-3)15-25(13-21)35-4)31-16-23-10-20(17-33-9-8-30-19(33)2)11-27(32-23)26-7-6-22(29)14-28(26)36-5/h6-9,12-15,18,20,23,27,31-32H,10-11,16-17H2,1-5H3. The summed E-state index contributed by atoms with van der Waals surface area (Å²) in [6.07, 6.45) is 5.83. The van der Waals surface area contributed by atoms with Crippen LogP contribution in [0.2, 0.25) is 0 Å². The van der Waals surface area contributed by atoms with E-state index in [1.54, 1.807) is 21.3 Å². The summed E-state index contributed by atoms with van der Waals surface area (Å²) in [6.45, 7) is 5.85. The molecule has 1 saturated heterocycles. The number of aromatic nitrogens is 2. The molecule has 4 rings (SSSR count). The number of halogens is 1. The lowest BCUT2D eigenvalue weighted by Gasteiger charge is -2.38. The zero-order valence-electron chi connectivity index (χ0n) is 21.8. The summed E-state index contributed by atoms with van der Waals surface area (Å²) in [7, 11) is 4.92. The maximum absolute atomic E-state index is 13.9. The Balaban J connectivity index is 1.51. The first-order valence-corrected chi connectivity index (χ1v) is 12.4. The van der Waals surface area contributed by atoms with E-state index in [4.69, 9.17) is 14.2 Å². The van der Waals surface area contributed by atoms with E-state index in [2.05, 4.69) is 27.1 Å². The fourth-order valence-electron chi connectivity index (χ4n) is 5.12. The van der Waals surface area contributed by atoms with Crippen LogP contribution in [0, 0.1) is 18.7 Å². The summed E-state index contributed by atoms with van der Waals surface area (Å²) in [6, 6.07) is 11.1. The number of nitrogens with zero attached hydrogens (tertiary/aromatic N) is 2. The van der Waals surface area contributed by atoms with E-state index in [0.717, 1.165) is 54.4 Å². The van der Waals surface area contributed by atoms with Crippen LogP contribution in [0.3, 0.4) is 0 Å². The number of imidazole rings is 1. The van der Waals surface area contributed by atoms with E-state index in [9.17, 15) is 4.39 Å². The molecule has 4 atom stereocenters. The van der Waals surface area contributed by atoms with E-state index < -0.39 is 0 Å². The molecular formula is C28H37FN4O3. The minimum Gasteiger partial charge on any atom is -0.497 e. The topological polar surface area (TPSA) is 69.6 Å². The third-order valence-electron chi connectivity index (χ3n) is 7.12. The monoisotopic (exact) mass is 496 g/mol. The highest BCUT2D eigenvalue weighted by molar-refractivity contribution is 5.40. The first-order valence-electron chi connectivity index (χ1n) is 12.4. The quantitative estimate of drug-likeness (QED) is 0.420. The van der Waals surface area contributed by atoms with E-state index in [1.807, 2.05) is 43.6 Å². The smallest absolute Gasteiger partial charge is 0.126 e. The van der Waals surface area contributed by atoms with Crippen molar-refractivity contribution >= 4 is 0 Å². The van der Waals surface area contributed by atoms with Gasteiger partial charge in [-0.2, -0.15) is 0 Å². The first kappa shape index (κ1) is 26.0. The Morgan fingerprint density at radius 1 is 1.08 bits per heavy atom. The van der Waals surface area contributed by atoms with Crippen molar-refractivity contribution in [1.29, 1.82) is 0 Å². The van der Waals surface area contributed by atoms with Crippen molar-refractivity contribution in [2.24, 2.45) is 5.92 Å². The van der Waals surface area contributed by atoms with Gasteiger partial charge >= 0.3 is 0 Å². The van der Waals surface area contributed by atoms with E-state index in [0.29, 0.717) is 11.7 Å². The van der Waals surface area contributed by atoms with Crippen LogP contribution < -0.4 is 24.8 Å². The summed E-state index contributed by atoms with van der Waals surface area (Å²) in [5.74, 6) is 3.27. The van der Waals surface area contributed by atoms with Gasteiger partial charge in [0.25, 0.3) is 0 Å². The fraction of sp³-hybridized carbons (Fsp3) is 0.464. The summed E-state index contributed by atoms with van der Waals surface area (Å²) in [4.78, 5) is 4.39. The van der Waals surface area contributed by atoms with Gasteiger partial charge in [0.05, 0.1) is 21.3 Å². The first-order chi connectivity index (χ1) is 17.4. The Morgan fingerprint density at radius 3 is 2.47 bits per heavy atom. The van der Waals surface area contributed by atoms with Gasteiger partial charge in [0.2, 0.25) is 0 Å². The molecule has 2 N–H and O–H groups in total. The molecule has 0 bridgehead atoms. The molecule has 0 saturated carbocycles. The lowest BCUT2D eigenvalue weighted by Crippen LogP contribution is -2.47. The Bertz CT molecular complexity index is 1130. The van der Waals surface area contributed by atoms with Crippen molar-refractivity contribution in [3.05, 3.63) is 71.6 Å². The van der Waals surface area contributed by atoms with Gasteiger partial charge in [0, 0.05) is 61.3 Å². The second kappa shape index (κ2) is 11.8. The molecule has 36 heavy (non-hydrogen) atoms. The van der Waals surface area contributed by atoms with Crippen molar-refractivity contribution in [3.63, 3.8) is 0 Å². The highest BCUT2D eigenvalue weighted by Gasteiger charge is 2.31. The zero-order valence-corrected chi connectivity index (χ0v) is 21.8. The summed E-state index contributed by atoms with van der Waals surface area (Å²) < 4.78 is 32.5. The Hall–Kier alpha value is -3.10. The summed E-state index contributed by atoms with van der Waals surface area (Å²) in [5, 5.41) is 7.49. The maximum Gasteiger partial charge on any atom is 0.126 e. The molecule has 0 radical (unpaired) electrons. The normalized spacial score (nSPS) is 20.7. The van der Waals surface area contributed by atoms with E-state index in [1.165, 1.54) is 12.1 Å². The molecule has 2 heterocycles. The number of nitrogens with one attached hydrogen (secondary N) is 2. The molecule has 1 aromatic heterocycles. The van der Waals surface area contributed by atoms with Crippen LogP contribution in [-0.2, 0) is 6.54 Å². The van der Waals surface area contributed by atoms with Crippen LogP contribution in [0.25, 0.3) is 0 Å². The number of benzene rings is 2. The average Bonchev–Trinajstić information content (AvgIpc) is 3.30. The summed E-state index contributed by atoms with van der Waals surface area (Å²) in [5.41, 5.74) is 2.09. The molecule has 1 aliphatic rings. The van der Waals surface area contributed by atoms with Gasteiger partial charge in [0.15, 0.2) is 0 Å². The molecule has 1 fully saturated rings. The molecule has 2 aromatic carbocycles. The van der Waals surface area contributed by atoms with E-state index in [-0.39, 0.29) is 23.9 Å². The maximum atomic E-state index is 13.9. The van der Waals surface area contributed by atoms with Crippen molar-refractivity contribution in [2.75, 3.05) is 27.9 Å². The van der Waals surface area contributed by atoms with Gasteiger partial charge in [-0.05, 0) is 56.4 Å². The highest BCUT2D eigenvalue weighted by Crippen LogP contribution is 2.36. The third kappa shape index (κ3) is 6.17. The Labute approximate surface area is 213 Å². The second-order valence-electron chi connectivity index (χ2n) is 9.54. The second-order valence-corrected chi connectivity index (χ2v) is 9.54. The van der Waals surface area contributed by atoms with Crippen molar-refractivity contribution in [1.82, 2.24) is 20.2 Å². The number of piperidine rings is 1. The lowest BCUT2D eigenvalue weighted by atomic mass is 9.84.